The molecule has 1 aliphatic carbocycles. The van der Waals surface area contributed by atoms with E-state index in [1.165, 1.54) is 0 Å². The molecule has 0 bridgehead atoms. The number of esters is 1. The van der Waals surface area contributed by atoms with Crippen molar-refractivity contribution in [1.29, 1.82) is 0 Å². The van der Waals surface area contributed by atoms with Gasteiger partial charge in [0.2, 0.25) is 0 Å². The predicted octanol–water partition coefficient (Wildman–Crippen LogP) is 1.12. The average Bonchev–Trinajstić information content (AvgIpc) is 2.83. The van der Waals surface area contributed by atoms with Gasteiger partial charge < -0.3 is 9.84 Å². The molecule has 17 heavy (non-hydrogen) atoms. The Bertz CT molecular complexity index is 356. The number of hydrogen-bond acceptors (Lipinski definition) is 4. The van der Waals surface area contributed by atoms with Gasteiger partial charge in [0.15, 0.2) is 5.60 Å². The lowest BCUT2D eigenvalue weighted by Crippen LogP contribution is -2.42. The van der Waals surface area contributed by atoms with E-state index in [0.29, 0.717) is 19.4 Å². The molecule has 5 heteroatoms. The van der Waals surface area contributed by atoms with Crippen molar-refractivity contribution < 1.29 is 14.6 Å². The summed E-state index contributed by atoms with van der Waals surface area (Å²) in [6.07, 6.45) is 7.40. The highest BCUT2D eigenvalue weighted by atomic mass is 16.5. The van der Waals surface area contributed by atoms with Crippen molar-refractivity contribution in [3.63, 3.8) is 0 Å². The van der Waals surface area contributed by atoms with E-state index in [0.717, 1.165) is 19.3 Å². The van der Waals surface area contributed by atoms with Gasteiger partial charge in [0.1, 0.15) is 6.61 Å². The number of carbonyl (C=O) groups excluding carboxylic acids is 1. The van der Waals surface area contributed by atoms with Crippen molar-refractivity contribution in [3.05, 3.63) is 18.5 Å². The van der Waals surface area contributed by atoms with E-state index in [9.17, 15) is 9.90 Å². The number of hydrogen-bond donors (Lipinski definition) is 1. The zero-order chi connectivity index (χ0) is 12.1. The maximum atomic E-state index is 11.7. The first kappa shape index (κ1) is 12.1. The molecule has 1 fully saturated rings. The topological polar surface area (TPSA) is 64.4 Å². The van der Waals surface area contributed by atoms with Crippen LogP contribution in [0.15, 0.2) is 18.5 Å². The molecule has 2 rings (SSSR count). The lowest BCUT2D eigenvalue weighted by Gasteiger charge is -2.29. The van der Waals surface area contributed by atoms with Gasteiger partial charge in [-0.05, 0) is 31.7 Å². The molecule has 0 amide bonds. The molecule has 1 N–H and O–H groups in total. The SMILES string of the molecule is O=C(OCCn1cccn1)C1(O)CCCCC1. The van der Waals surface area contributed by atoms with Crippen molar-refractivity contribution in [2.45, 2.75) is 44.2 Å². The minimum atomic E-state index is -1.25. The number of carbonyl (C=O) groups is 1. The summed E-state index contributed by atoms with van der Waals surface area (Å²) >= 11 is 0. The Labute approximate surface area is 100 Å². The summed E-state index contributed by atoms with van der Waals surface area (Å²) in [5.74, 6) is -0.482. The fourth-order valence-corrected chi connectivity index (χ4v) is 2.14. The van der Waals surface area contributed by atoms with Crippen LogP contribution in [0, 0.1) is 0 Å². The monoisotopic (exact) mass is 238 g/mol. The predicted molar refractivity (Wildman–Crippen MR) is 61.2 cm³/mol. The summed E-state index contributed by atoms with van der Waals surface area (Å²) in [5, 5.41) is 14.1. The minimum absolute atomic E-state index is 0.253. The van der Waals surface area contributed by atoms with Gasteiger partial charge in [-0.3, -0.25) is 4.68 Å². The van der Waals surface area contributed by atoms with Gasteiger partial charge in [-0.15, -0.1) is 0 Å². The lowest BCUT2D eigenvalue weighted by atomic mass is 9.85. The summed E-state index contributed by atoms with van der Waals surface area (Å²) in [6.45, 7) is 0.775. The molecule has 1 saturated carbocycles. The molecule has 0 aliphatic heterocycles. The van der Waals surface area contributed by atoms with E-state index in [1.807, 2.05) is 12.3 Å². The quantitative estimate of drug-likeness (QED) is 0.798. The van der Waals surface area contributed by atoms with Crippen LogP contribution < -0.4 is 0 Å². The Morgan fingerprint density at radius 1 is 1.41 bits per heavy atom. The van der Waals surface area contributed by atoms with Crippen LogP contribution >= 0.6 is 0 Å². The summed E-state index contributed by atoms with van der Waals surface area (Å²) in [5.41, 5.74) is -1.25. The second-order valence-electron chi connectivity index (χ2n) is 4.50. The molecule has 0 aromatic carbocycles. The highest BCUT2D eigenvalue weighted by Gasteiger charge is 2.38. The summed E-state index contributed by atoms with van der Waals surface area (Å²) in [4.78, 5) is 11.7. The van der Waals surface area contributed by atoms with Gasteiger partial charge in [-0.25, -0.2) is 4.79 Å². The molecule has 0 spiro atoms. The average molecular weight is 238 g/mol. The third-order valence-corrected chi connectivity index (χ3v) is 3.17. The fraction of sp³-hybridized carbons (Fsp3) is 0.667. The molecule has 0 atom stereocenters. The van der Waals surface area contributed by atoms with Gasteiger partial charge in [-0.1, -0.05) is 6.42 Å². The van der Waals surface area contributed by atoms with Gasteiger partial charge in [0, 0.05) is 12.4 Å². The van der Waals surface area contributed by atoms with Gasteiger partial charge in [-0.2, -0.15) is 5.10 Å². The van der Waals surface area contributed by atoms with E-state index >= 15 is 0 Å². The standard InChI is InChI=1S/C12H18N2O3/c15-11(12(16)5-2-1-3-6-12)17-10-9-14-8-4-7-13-14/h4,7-8,16H,1-3,5-6,9-10H2. The number of nitrogens with zero attached hydrogens (tertiary/aromatic N) is 2. The van der Waals surface area contributed by atoms with Crippen LogP contribution in [0.25, 0.3) is 0 Å². The second kappa shape index (κ2) is 5.31. The summed E-state index contributed by atoms with van der Waals surface area (Å²) in [7, 11) is 0. The Kier molecular flexibility index (Phi) is 3.78. The number of ether oxygens (including phenoxy) is 1. The molecule has 0 saturated heterocycles. The minimum Gasteiger partial charge on any atom is -0.462 e. The van der Waals surface area contributed by atoms with Crippen LogP contribution in [0.4, 0.5) is 0 Å². The maximum Gasteiger partial charge on any atom is 0.338 e. The molecular weight excluding hydrogens is 220 g/mol. The molecule has 1 heterocycles. The summed E-state index contributed by atoms with van der Waals surface area (Å²) in [6, 6.07) is 1.82. The molecule has 0 radical (unpaired) electrons. The number of rotatable bonds is 4. The van der Waals surface area contributed by atoms with Crippen LogP contribution in [0.3, 0.4) is 0 Å². The van der Waals surface area contributed by atoms with Gasteiger partial charge in [0.05, 0.1) is 6.54 Å². The van der Waals surface area contributed by atoms with Crippen LogP contribution in [0.2, 0.25) is 0 Å². The highest BCUT2D eigenvalue weighted by molar-refractivity contribution is 5.79. The van der Waals surface area contributed by atoms with E-state index in [2.05, 4.69) is 5.10 Å². The molecule has 0 unspecified atom stereocenters. The summed E-state index contributed by atoms with van der Waals surface area (Å²) < 4.78 is 6.80. The first-order valence-corrected chi connectivity index (χ1v) is 6.08. The normalized spacial score (nSPS) is 18.9. The third kappa shape index (κ3) is 3.06. The molecule has 94 valence electrons. The molecule has 1 aromatic heterocycles. The molecular formula is C12H18N2O3. The first-order valence-electron chi connectivity index (χ1n) is 6.08. The second-order valence-corrected chi connectivity index (χ2v) is 4.50. The van der Waals surface area contributed by atoms with Crippen LogP contribution in [-0.2, 0) is 16.1 Å². The van der Waals surface area contributed by atoms with Crippen LogP contribution in [0.5, 0.6) is 0 Å². The van der Waals surface area contributed by atoms with Crippen LogP contribution in [0.1, 0.15) is 32.1 Å². The van der Waals surface area contributed by atoms with E-state index in [-0.39, 0.29) is 6.61 Å². The fourth-order valence-electron chi connectivity index (χ4n) is 2.14. The van der Waals surface area contributed by atoms with E-state index in [4.69, 9.17) is 4.74 Å². The van der Waals surface area contributed by atoms with Gasteiger partial charge in [0.25, 0.3) is 0 Å². The highest BCUT2D eigenvalue weighted by Crippen LogP contribution is 2.28. The van der Waals surface area contributed by atoms with Crippen molar-refractivity contribution >= 4 is 5.97 Å². The Balaban J connectivity index is 1.76. The third-order valence-electron chi connectivity index (χ3n) is 3.17. The van der Waals surface area contributed by atoms with E-state index < -0.39 is 11.6 Å². The zero-order valence-corrected chi connectivity index (χ0v) is 9.84. The first-order chi connectivity index (χ1) is 8.21. The smallest absolute Gasteiger partial charge is 0.338 e. The molecule has 1 aliphatic rings. The van der Waals surface area contributed by atoms with Crippen molar-refractivity contribution in [2.75, 3.05) is 6.61 Å². The van der Waals surface area contributed by atoms with Gasteiger partial charge >= 0.3 is 5.97 Å². The lowest BCUT2D eigenvalue weighted by molar-refractivity contribution is -0.169. The molecule has 5 nitrogen and oxygen atoms in total. The van der Waals surface area contributed by atoms with Crippen molar-refractivity contribution in [3.8, 4) is 0 Å². The van der Waals surface area contributed by atoms with Crippen molar-refractivity contribution in [1.82, 2.24) is 9.78 Å². The Hall–Kier alpha value is -1.36. The number of aromatic nitrogens is 2. The van der Waals surface area contributed by atoms with E-state index in [1.54, 1.807) is 10.9 Å². The largest absolute Gasteiger partial charge is 0.462 e. The molecule has 1 aromatic rings. The maximum absolute atomic E-state index is 11.7. The Morgan fingerprint density at radius 3 is 2.82 bits per heavy atom. The van der Waals surface area contributed by atoms with Crippen LogP contribution in [-0.4, -0.2) is 33.1 Å². The van der Waals surface area contributed by atoms with Crippen molar-refractivity contribution in [2.24, 2.45) is 0 Å². The number of aliphatic hydroxyl groups is 1. The zero-order valence-electron chi connectivity index (χ0n) is 9.84. The Morgan fingerprint density at radius 2 is 2.18 bits per heavy atom.